The number of fused-ring (bicyclic) bond motifs is 1. The largest absolute Gasteiger partial charge is 0.493 e. The average Bonchev–Trinajstić information content (AvgIpc) is 2.53. The van der Waals surface area contributed by atoms with Gasteiger partial charge in [-0.15, -0.1) is 0 Å². The van der Waals surface area contributed by atoms with Crippen molar-refractivity contribution in [2.24, 2.45) is 0 Å². The van der Waals surface area contributed by atoms with E-state index >= 15 is 0 Å². The lowest BCUT2D eigenvalue weighted by molar-refractivity contribution is 0.0229. The molecular weight excluding hydrogens is 302 g/mol. The second kappa shape index (κ2) is 8.45. The van der Waals surface area contributed by atoms with Crippen LogP contribution in [0.5, 0.6) is 5.75 Å². The van der Waals surface area contributed by atoms with Crippen molar-refractivity contribution in [3.63, 3.8) is 0 Å². The third kappa shape index (κ3) is 5.18. The topological polar surface area (TPSA) is 51.6 Å². The summed E-state index contributed by atoms with van der Waals surface area (Å²) in [6.45, 7) is 9.41. The standard InChI is InChI=1S/C20H29NO3/c1-5-6-12-24-19-15(2)18(14-23-13-11-20(3,4)22)21-17-10-8-7-9-16(17)19/h7-10,22H,5-6,11-14H2,1-4H3. The van der Waals surface area contributed by atoms with E-state index in [1.807, 2.05) is 25.1 Å². The highest BCUT2D eigenvalue weighted by atomic mass is 16.5. The number of hydrogen-bond acceptors (Lipinski definition) is 4. The number of hydrogen-bond donors (Lipinski definition) is 1. The summed E-state index contributed by atoms with van der Waals surface area (Å²) >= 11 is 0. The summed E-state index contributed by atoms with van der Waals surface area (Å²) in [5.41, 5.74) is 2.15. The lowest BCUT2D eigenvalue weighted by Crippen LogP contribution is -2.21. The van der Waals surface area contributed by atoms with Crippen molar-refractivity contribution in [3.05, 3.63) is 35.5 Å². The Hall–Kier alpha value is -1.65. The first kappa shape index (κ1) is 18.7. The summed E-state index contributed by atoms with van der Waals surface area (Å²) in [5.74, 6) is 0.912. The van der Waals surface area contributed by atoms with Crippen molar-refractivity contribution in [2.45, 2.75) is 59.2 Å². The summed E-state index contributed by atoms with van der Waals surface area (Å²) in [5, 5.41) is 10.8. The lowest BCUT2D eigenvalue weighted by Gasteiger charge is -2.18. The molecule has 0 aliphatic heterocycles. The molecule has 1 aromatic heterocycles. The van der Waals surface area contributed by atoms with Gasteiger partial charge in [-0.25, -0.2) is 4.98 Å². The van der Waals surface area contributed by atoms with E-state index in [4.69, 9.17) is 14.5 Å². The van der Waals surface area contributed by atoms with Crippen LogP contribution in [-0.2, 0) is 11.3 Å². The molecule has 1 N–H and O–H groups in total. The molecule has 132 valence electrons. The third-order valence-electron chi connectivity index (χ3n) is 4.02. The van der Waals surface area contributed by atoms with Crippen LogP contribution in [0.15, 0.2) is 24.3 Å². The fourth-order valence-electron chi connectivity index (χ4n) is 2.46. The monoisotopic (exact) mass is 331 g/mol. The molecule has 0 atom stereocenters. The number of pyridine rings is 1. The maximum Gasteiger partial charge on any atom is 0.133 e. The van der Waals surface area contributed by atoms with Crippen LogP contribution in [0, 0.1) is 6.92 Å². The fraction of sp³-hybridized carbons (Fsp3) is 0.550. The summed E-state index contributed by atoms with van der Waals surface area (Å²) < 4.78 is 11.8. The third-order valence-corrected chi connectivity index (χ3v) is 4.02. The molecule has 0 fully saturated rings. The van der Waals surface area contributed by atoms with Crippen LogP contribution in [0.1, 0.15) is 51.3 Å². The van der Waals surface area contributed by atoms with E-state index in [1.54, 1.807) is 13.8 Å². The predicted octanol–water partition coefficient (Wildman–Crippen LogP) is 4.40. The molecule has 4 nitrogen and oxygen atoms in total. The van der Waals surface area contributed by atoms with Crippen LogP contribution in [0.4, 0.5) is 0 Å². The van der Waals surface area contributed by atoms with Crippen LogP contribution >= 0.6 is 0 Å². The molecule has 4 heteroatoms. The van der Waals surface area contributed by atoms with Gasteiger partial charge in [-0.1, -0.05) is 25.5 Å². The predicted molar refractivity (Wildman–Crippen MR) is 97.5 cm³/mol. The van der Waals surface area contributed by atoms with E-state index in [1.165, 1.54) is 0 Å². The minimum atomic E-state index is -0.708. The molecule has 0 aliphatic rings. The zero-order valence-electron chi connectivity index (χ0n) is 15.3. The van der Waals surface area contributed by atoms with Gasteiger partial charge in [-0.05, 0) is 45.7 Å². The van der Waals surface area contributed by atoms with Crippen LogP contribution in [0.3, 0.4) is 0 Å². The van der Waals surface area contributed by atoms with Gasteiger partial charge >= 0.3 is 0 Å². The molecule has 0 amide bonds. The molecule has 1 aromatic carbocycles. The Morgan fingerprint density at radius 3 is 2.62 bits per heavy atom. The van der Waals surface area contributed by atoms with Crippen molar-refractivity contribution in [1.82, 2.24) is 4.98 Å². The number of para-hydroxylation sites is 1. The van der Waals surface area contributed by atoms with Crippen LogP contribution < -0.4 is 4.74 Å². The van der Waals surface area contributed by atoms with Crippen molar-refractivity contribution in [2.75, 3.05) is 13.2 Å². The molecule has 2 aromatic rings. The van der Waals surface area contributed by atoms with E-state index in [9.17, 15) is 5.11 Å². The van der Waals surface area contributed by atoms with Gasteiger partial charge in [0.1, 0.15) is 5.75 Å². The van der Waals surface area contributed by atoms with Crippen molar-refractivity contribution < 1.29 is 14.6 Å². The van der Waals surface area contributed by atoms with Crippen molar-refractivity contribution in [3.8, 4) is 5.75 Å². The molecule has 0 unspecified atom stereocenters. The van der Waals surface area contributed by atoms with Gasteiger partial charge in [-0.3, -0.25) is 0 Å². The van der Waals surface area contributed by atoms with Gasteiger partial charge in [0.25, 0.3) is 0 Å². The molecule has 0 spiro atoms. The first-order chi connectivity index (χ1) is 11.4. The molecular formula is C20H29NO3. The Morgan fingerprint density at radius 1 is 1.17 bits per heavy atom. The number of benzene rings is 1. The summed E-state index contributed by atoms with van der Waals surface area (Å²) in [4.78, 5) is 4.73. The highest BCUT2D eigenvalue weighted by molar-refractivity contribution is 5.86. The second-order valence-electron chi connectivity index (χ2n) is 6.85. The summed E-state index contributed by atoms with van der Waals surface area (Å²) in [6, 6.07) is 8.05. The Bertz CT molecular complexity index is 662. The van der Waals surface area contributed by atoms with Crippen LogP contribution in [-0.4, -0.2) is 28.9 Å². The highest BCUT2D eigenvalue weighted by Crippen LogP contribution is 2.31. The SMILES string of the molecule is CCCCOc1c(C)c(COCCC(C)(C)O)nc2ccccc12. The molecule has 0 saturated heterocycles. The van der Waals surface area contributed by atoms with Gasteiger partial charge in [0.15, 0.2) is 0 Å². The maximum atomic E-state index is 9.76. The normalized spacial score (nSPS) is 11.9. The van der Waals surface area contributed by atoms with E-state index in [-0.39, 0.29) is 0 Å². The van der Waals surface area contributed by atoms with Crippen molar-refractivity contribution in [1.29, 1.82) is 0 Å². The first-order valence-electron chi connectivity index (χ1n) is 8.73. The molecule has 0 saturated carbocycles. The Labute approximate surface area is 144 Å². The summed E-state index contributed by atoms with van der Waals surface area (Å²) in [6.07, 6.45) is 2.74. The van der Waals surface area contributed by atoms with Gasteiger partial charge < -0.3 is 14.6 Å². The minimum absolute atomic E-state index is 0.427. The fourth-order valence-corrected chi connectivity index (χ4v) is 2.46. The molecule has 2 rings (SSSR count). The minimum Gasteiger partial charge on any atom is -0.493 e. The quantitative estimate of drug-likeness (QED) is 0.692. The molecule has 0 bridgehead atoms. The Kier molecular flexibility index (Phi) is 6.58. The molecule has 1 heterocycles. The maximum absolute atomic E-state index is 9.76. The zero-order valence-corrected chi connectivity index (χ0v) is 15.3. The second-order valence-corrected chi connectivity index (χ2v) is 6.85. The number of aromatic nitrogens is 1. The van der Waals surface area contributed by atoms with E-state index in [0.717, 1.165) is 40.8 Å². The first-order valence-corrected chi connectivity index (χ1v) is 8.73. The van der Waals surface area contributed by atoms with E-state index < -0.39 is 5.60 Å². The molecule has 24 heavy (non-hydrogen) atoms. The van der Waals surface area contributed by atoms with Gasteiger partial charge in [0.2, 0.25) is 0 Å². The lowest BCUT2D eigenvalue weighted by atomic mass is 10.1. The number of rotatable bonds is 9. The average molecular weight is 331 g/mol. The van der Waals surface area contributed by atoms with Crippen LogP contribution in [0.25, 0.3) is 10.9 Å². The van der Waals surface area contributed by atoms with E-state index in [2.05, 4.69) is 13.0 Å². The van der Waals surface area contributed by atoms with Gasteiger partial charge in [-0.2, -0.15) is 0 Å². The number of ether oxygens (including phenoxy) is 2. The number of unbranched alkanes of at least 4 members (excludes halogenated alkanes) is 1. The molecule has 0 aliphatic carbocycles. The number of nitrogens with zero attached hydrogens (tertiary/aromatic N) is 1. The summed E-state index contributed by atoms with van der Waals surface area (Å²) in [7, 11) is 0. The van der Waals surface area contributed by atoms with E-state index in [0.29, 0.717) is 26.2 Å². The number of aliphatic hydroxyl groups is 1. The zero-order chi connectivity index (χ0) is 17.6. The van der Waals surface area contributed by atoms with Crippen molar-refractivity contribution >= 4 is 10.9 Å². The Balaban J connectivity index is 2.18. The highest BCUT2D eigenvalue weighted by Gasteiger charge is 2.15. The van der Waals surface area contributed by atoms with Gasteiger partial charge in [0.05, 0.1) is 30.0 Å². The van der Waals surface area contributed by atoms with Gasteiger partial charge in [0, 0.05) is 17.6 Å². The smallest absolute Gasteiger partial charge is 0.133 e. The Morgan fingerprint density at radius 2 is 1.92 bits per heavy atom. The van der Waals surface area contributed by atoms with Crippen LogP contribution in [0.2, 0.25) is 0 Å². The molecule has 0 radical (unpaired) electrons.